The molecule has 6 rings (SSSR count). The van der Waals surface area contributed by atoms with Crippen molar-refractivity contribution in [2.75, 3.05) is 0 Å². The lowest BCUT2D eigenvalue weighted by Gasteiger charge is -2.63. The second-order valence-electron chi connectivity index (χ2n) is 14.4. The van der Waals surface area contributed by atoms with Crippen LogP contribution in [0.5, 0.6) is 0 Å². The number of fused-ring (bicyclic) bond motifs is 7. The lowest BCUT2D eigenvalue weighted by Crippen LogP contribution is -2.62. The molecule has 6 fully saturated rings. The number of ether oxygens (including phenoxy) is 2. The number of aliphatic hydroxyl groups excluding tert-OH is 2. The van der Waals surface area contributed by atoms with E-state index in [1.54, 1.807) is 0 Å². The molecule has 6 aliphatic rings. The monoisotopic (exact) mass is 462 g/mol. The van der Waals surface area contributed by atoms with E-state index in [-0.39, 0.29) is 40.7 Å². The maximum Gasteiger partial charge on any atom is 0.198 e. The summed E-state index contributed by atoms with van der Waals surface area (Å²) in [6.45, 7) is 13.1. The number of hydrogen-bond acceptors (Lipinski definition) is 5. The predicted octanol–water partition coefficient (Wildman–Crippen LogP) is 4.27. The van der Waals surface area contributed by atoms with E-state index >= 15 is 0 Å². The summed E-state index contributed by atoms with van der Waals surface area (Å²) in [6, 6.07) is 0. The third-order valence-corrected chi connectivity index (χ3v) is 12.5. The number of hydrogen-bond donors (Lipinski definition) is 3. The largest absolute Gasteiger partial charge is 0.393 e. The van der Waals surface area contributed by atoms with Crippen LogP contribution in [0.3, 0.4) is 0 Å². The molecule has 2 aliphatic heterocycles. The Morgan fingerprint density at radius 3 is 2.27 bits per heavy atom. The Morgan fingerprint density at radius 2 is 1.61 bits per heavy atom. The van der Waals surface area contributed by atoms with E-state index < -0.39 is 11.4 Å². The molecular weight excluding hydrogens is 416 g/mol. The Labute approximate surface area is 199 Å². The number of rotatable bonds is 0. The Balaban J connectivity index is 1.34. The zero-order chi connectivity index (χ0) is 23.8. The van der Waals surface area contributed by atoms with Crippen LogP contribution in [0, 0.1) is 46.3 Å². The normalized spacial score (nSPS) is 63.7. The molecule has 0 aromatic heterocycles. The van der Waals surface area contributed by atoms with E-state index in [1.165, 1.54) is 0 Å². The molecule has 2 heterocycles. The van der Waals surface area contributed by atoms with E-state index in [1.807, 2.05) is 6.92 Å². The summed E-state index contributed by atoms with van der Waals surface area (Å²) in [5.41, 5.74) is -1.45. The van der Waals surface area contributed by atoms with E-state index in [9.17, 15) is 15.3 Å². The molecule has 4 saturated carbocycles. The zero-order valence-corrected chi connectivity index (χ0v) is 21.5. The molecule has 13 atom stereocenters. The summed E-state index contributed by atoms with van der Waals surface area (Å²) in [7, 11) is 0. The van der Waals surface area contributed by atoms with Gasteiger partial charge in [-0.05, 0) is 106 Å². The van der Waals surface area contributed by atoms with Crippen molar-refractivity contribution in [2.24, 2.45) is 46.3 Å². The first kappa shape index (κ1) is 23.2. The van der Waals surface area contributed by atoms with Crippen LogP contribution in [0.4, 0.5) is 0 Å². The fraction of sp³-hybridized carbons (Fsp3) is 1.00. The second-order valence-corrected chi connectivity index (χ2v) is 14.4. The first-order valence-electron chi connectivity index (χ1n) is 13.7. The van der Waals surface area contributed by atoms with Crippen LogP contribution >= 0.6 is 0 Å². The topological polar surface area (TPSA) is 79.2 Å². The summed E-state index contributed by atoms with van der Waals surface area (Å²) in [6.07, 6.45) is 6.94. The molecule has 5 nitrogen and oxygen atoms in total. The van der Waals surface area contributed by atoms with Gasteiger partial charge in [-0.15, -0.1) is 0 Å². The van der Waals surface area contributed by atoms with Crippen molar-refractivity contribution in [2.45, 2.75) is 128 Å². The van der Waals surface area contributed by atoms with E-state index in [0.717, 1.165) is 51.4 Å². The van der Waals surface area contributed by atoms with Gasteiger partial charge >= 0.3 is 0 Å². The lowest BCUT2D eigenvalue weighted by atomic mass is 9.43. The van der Waals surface area contributed by atoms with Crippen LogP contribution in [0.2, 0.25) is 0 Å². The summed E-state index contributed by atoms with van der Waals surface area (Å²) in [4.78, 5) is 0. The van der Waals surface area contributed by atoms with Crippen LogP contribution in [-0.4, -0.2) is 50.6 Å². The van der Waals surface area contributed by atoms with Crippen molar-refractivity contribution in [3.05, 3.63) is 0 Å². The van der Waals surface area contributed by atoms with Gasteiger partial charge in [0.05, 0.1) is 23.9 Å². The Hall–Kier alpha value is -0.200. The van der Waals surface area contributed by atoms with Crippen LogP contribution < -0.4 is 0 Å². The molecule has 1 spiro atoms. The highest BCUT2D eigenvalue weighted by Gasteiger charge is 2.77. The highest BCUT2D eigenvalue weighted by atomic mass is 16.7. The van der Waals surface area contributed by atoms with Crippen LogP contribution in [0.1, 0.15) is 92.9 Å². The molecule has 2 saturated heterocycles. The van der Waals surface area contributed by atoms with Gasteiger partial charge in [-0.3, -0.25) is 0 Å². The van der Waals surface area contributed by atoms with Crippen molar-refractivity contribution >= 4 is 0 Å². The van der Waals surface area contributed by atoms with Gasteiger partial charge in [-0.2, -0.15) is 0 Å². The van der Waals surface area contributed by atoms with Gasteiger partial charge in [-0.1, -0.05) is 20.8 Å². The van der Waals surface area contributed by atoms with Crippen molar-refractivity contribution < 1.29 is 24.8 Å². The van der Waals surface area contributed by atoms with Crippen LogP contribution in [0.25, 0.3) is 0 Å². The molecule has 3 N–H and O–H groups in total. The molecule has 33 heavy (non-hydrogen) atoms. The van der Waals surface area contributed by atoms with Gasteiger partial charge in [0.2, 0.25) is 0 Å². The maximum absolute atomic E-state index is 12.2. The molecule has 0 aromatic carbocycles. The van der Waals surface area contributed by atoms with E-state index in [4.69, 9.17) is 9.47 Å². The van der Waals surface area contributed by atoms with Crippen molar-refractivity contribution in [3.8, 4) is 0 Å². The summed E-state index contributed by atoms with van der Waals surface area (Å²) in [5, 5.41) is 34.2. The standard InChI is InChI=1S/C28H46O5/c1-15-13-28(33-24(15,2)3)27(6,31)23-21(32-28)12-19-18-8-7-16-11-17(29)9-10-25(16,4)22(18)20(30)14-26(19,23)5/h15-23,29-31H,7-14H2,1-6H3/t15-,16?,17-,18+,19+,20+,21+,22-,23+,25+,26+,27-,28+/m1/s1. The molecule has 0 radical (unpaired) electrons. The minimum absolute atomic E-state index is 0.0132. The quantitative estimate of drug-likeness (QED) is 0.501. The fourth-order valence-corrected chi connectivity index (χ4v) is 10.7. The van der Waals surface area contributed by atoms with Gasteiger partial charge in [0.25, 0.3) is 0 Å². The molecular formula is C28H46O5. The highest BCUT2D eigenvalue weighted by molar-refractivity contribution is 5.22. The molecule has 5 heteroatoms. The molecule has 0 amide bonds. The van der Waals surface area contributed by atoms with Gasteiger partial charge in [-0.25, -0.2) is 0 Å². The minimum atomic E-state index is -1.08. The average molecular weight is 463 g/mol. The van der Waals surface area contributed by atoms with Gasteiger partial charge in [0, 0.05) is 12.3 Å². The SMILES string of the molecule is C[C@@H]1C[C@]2(O[C@H]3C[C@H]4[C@@H]5CCC6C[C@H](O)CC[C@]6(C)[C@H]5[C@@H](O)C[C@]4(C)[C@H]3[C@@]2(C)O)OC1(C)C. The van der Waals surface area contributed by atoms with Gasteiger partial charge < -0.3 is 24.8 Å². The molecule has 0 aromatic rings. The maximum atomic E-state index is 12.2. The average Bonchev–Trinajstić information content (AvgIpc) is 3.20. The Morgan fingerprint density at radius 1 is 0.879 bits per heavy atom. The number of aliphatic hydroxyl groups is 3. The summed E-state index contributed by atoms with van der Waals surface area (Å²) in [5.74, 6) is 1.08. The molecule has 0 bridgehead atoms. The zero-order valence-electron chi connectivity index (χ0n) is 21.5. The van der Waals surface area contributed by atoms with Crippen molar-refractivity contribution in [1.29, 1.82) is 0 Å². The molecule has 4 aliphatic carbocycles. The summed E-state index contributed by atoms with van der Waals surface area (Å²) >= 11 is 0. The smallest absolute Gasteiger partial charge is 0.198 e. The van der Waals surface area contributed by atoms with Gasteiger partial charge in [0.1, 0.15) is 5.60 Å². The van der Waals surface area contributed by atoms with Gasteiger partial charge in [0.15, 0.2) is 5.79 Å². The minimum Gasteiger partial charge on any atom is -0.393 e. The third kappa shape index (κ3) is 2.78. The third-order valence-electron chi connectivity index (χ3n) is 12.5. The van der Waals surface area contributed by atoms with Crippen LogP contribution in [0.15, 0.2) is 0 Å². The van der Waals surface area contributed by atoms with Crippen molar-refractivity contribution in [1.82, 2.24) is 0 Å². The van der Waals surface area contributed by atoms with E-state index in [0.29, 0.717) is 29.6 Å². The predicted molar refractivity (Wildman–Crippen MR) is 125 cm³/mol. The first-order chi connectivity index (χ1) is 15.3. The second kappa shape index (κ2) is 6.76. The Bertz CT molecular complexity index is 825. The fourth-order valence-electron chi connectivity index (χ4n) is 10.7. The molecule has 1 unspecified atom stereocenters. The summed E-state index contributed by atoms with van der Waals surface area (Å²) < 4.78 is 13.3. The molecule has 188 valence electrons. The highest BCUT2D eigenvalue weighted by Crippen LogP contribution is 2.72. The Kier molecular flexibility index (Phi) is 4.76. The van der Waals surface area contributed by atoms with Crippen molar-refractivity contribution in [3.63, 3.8) is 0 Å². The van der Waals surface area contributed by atoms with Crippen LogP contribution in [-0.2, 0) is 9.47 Å². The lowest BCUT2D eigenvalue weighted by molar-refractivity contribution is -0.300. The van der Waals surface area contributed by atoms with E-state index in [2.05, 4.69) is 34.6 Å². The first-order valence-corrected chi connectivity index (χ1v) is 13.7.